The quantitative estimate of drug-likeness (QED) is 0.268. The van der Waals surface area contributed by atoms with Gasteiger partial charge >= 0.3 is 0 Å². The summed E-state index contributed by atoms with van der Waals surface area (Å²) >= 11 is 0. The molecule has 1 heterocycles. The van der Waals surface area contributed by atoms with Crippen LogP contribution in [-0.4, -0.2) is 72.0 Å². The highest BCUT2D eigenvalue weighted by Crippen LogP contribution is 2.24. The van der Waals surface area contributed by atoms with Crippen molar-refractivity contribution in [2.45, 2.75) is 50.8 Å². The van der Waals surface area contributed by atoms with E-state index in [2.05, 4.69) is 10.6 Å². The van der Waals surface area contributed by atoms with Gasteiger partial charge in [-0.3, -0.25) is 4.79 Å². The minimum absolute atomic E-state index is 0.388. The van der Waals surface area contributed by atoms with Crippen molar-refractivity contribution < 1.29 is 24.9 Å². The molecule has 1 amide bonds. The molecule has 8 heteroatoms. The molecule has 5 unspecified atom stereocenters. The summed E-state index contributed by atoms with van der Waals surface area (Å²) in [5.74, 6) is -0.978. The van der Waals surface area contributed by atoms with Crippen molar-refractivity contribution in [3.63, 3.8) is 0 Å². The molecule has 0 aromatic carbocycles. The second-order valence-corrected chi connectivity index (χ2v) is 5.68. The zero-order valence-electron chi connectivity index (χ0n) is 13.1. The molecule has 1 rings (SSSR count). The Morgan fingerprint density at radius 2 is 1.77 bits per heavy atom. The van der Waals surface area contributed by atoms with Gasteiger partial charge in [0.1, 0.15) is 12.2 Å². The van der Waals surface area contributed by atoms with Crippen molar-refractivity contribution in [3.05, 3.63) is 0 Å². The fraction of sp³-hybridized carbons (Fsp3) is 0.929. The number of amides is 1. The summed E-state index contributed by atoms with van der Waals surface area (Å²) in [6.07, 6.45) is -2.30. The molecule has 8 nitrogen and oxygen atoms in total. The summed E-state index contributed by atoms with van der Waals surface area (Å²) in [6, 6.07) is 0. The van der Waals surface area contributed by atoms with Crippen LogP contribution in [0.15, 0.2) is 0 Å². The Kier molecular flexibility index (Phi) is 8.84. The van der Waals surface area contributed by atoms with E-state index < -0.39 is 30.5 Å². The third-order valence-electron chi connectivity index (χ3n) is 3.84. The maximum atomic E-state index is 12.0. The van der Waals surface area contributed by atoms with Crippen molar-refractivity contribution in [1.29, 1.82) is 0 Å². The Balaban J connectivity index is 2.19. The Labute approximate surface area is 131 Å². The number of aliphatic hydroxyl groups is 3. The number of carbonyl (C=O) groups excluding carboxylic acids is 1. The summed E-state index contributed by atoms with van der Waals surface area (Å²) in [6.45, 7) is 4.47. The smallest absolute Gasteiger partial charge is 0.249 e. The average Bonchev–Trinajstić information content (AvgIpc) is 2.51. The summed E-state index contributed by atoms with van der Waals surface area (Å²) in [4.78, 5) is 12.0. The molecule has 1 saturated heterocycles. The van der Waals surface area contributed by atoms with E-state index in [-0.39, 0.29) is 5.91 Å². The van der Waals surface area contributed by atoms with Gasteiger partial charge in [-0.2, -0.15) is 0 Å². The maximum Gasteiger partial charge on any atom is 0.249 e. The molecule has 1 aliphatic rings. The van der Waals surface area contributed by atoms with E-state index in [9.17, 15) is 20.1 Å². The zero-order chi connectivity index (χ0) is 16.5. The lowest BCUT2D eigenvalue weighted by Crippen LogP contribution is -2.57. The van der Waals surface area contributed by atoms with Gasteiger partial charge in [0.15, 0.2) is 6.29 Å². The van der Waals surface area contributed by atoms with Crippen LogP contribution >= 0.6 is 0 Å². The second kappa shape index (κ2) is 10.1. The molecule has 0 saturated carbocycles. The van der Waals surface area contributed by atoms with Gasteiger partial charge in [0, 0.05) is 12.5 Å². The van der Waals surface area contributed by atoms with Gasteiger partial charge in [-0.25, -0.2) is 0 Å². The molecule has 0 spiro atoms. The van der Waals surface area contributed by atoms with Crippen LogP contribution in [0.4, 0.5) is 0 Å². The lowest BCUT2D eigenvalue weighted by atomic mass is 9.90. The van der Waals surface area contributed by atoms with Gasteiger partial charge in [0.2, 0.25) is 5.91 Å². The molecule has 5 atom stereocenters. The summed E-state index contributed by atoms with van der Waals surface area (Å²) in [5.41, 5.74) is 5.40. The van der Waals surface area contributed by atoms with Gasteiger partial charge in [0.05, 0.1) is 6.10 Å². The van der Waals surface area contributed by atoms with E-state index in [4.69, 9.17) is 10.5 Å². The van der Waals surface area contributed by atoms with Crippen molar-refractivity contribution in [1.82, 2.24) is 10.6 Å². The van der Waals surface area contributed by atoms with E-state index in [1.165, 1.54) is 0 Å². The van der Waals surface area contributed by atoms with Crippen LogP contribution in [0.1, 0.15) is 26.2 Å². The van der Waals surface area contributed by atoms with Crippen molar-refractivity contribution in [2.75, 3.05) is 26.2 Å². The van der Waals surface area contributed by atoms with Crippen molar-refractivity contribution in [2.24, 2.45) is 11.7 Å². The molecule has 22 heavy (non-hydrogen) atoms. The molecular formula is C14H29N3O5. The summed E-state index contributed by atoms with van der Waals surface area (Å²) in [5, 5.41) is 34.7. The van der Waals surface area contributed by atoms with Crippen molar-refractivity contribution >= 4 is 5.91 Å². The fourth-order valence-electron chi connectivity index (χ4n) is 2.36. The van der Waals surface area contributed by atoms with Gasteiger partial charge in [-0.1, -0.05) is 6.92 Å². The number of hydrogen-bond donors (Lipinski definition) is 6. The lowest BCUT2D eigenvalue weighted by Gasteiger charge is -2.38. The number of unbranched alkanes of at least 4 members (excludes halogenated alkanes) is 1. The van der Waals surface area contributed by atoms with Gasteiger partial charge in [-0.15, -0.1) is 0 Å². The predicted octanol–water partition coefficient (Wildman–Crippen LogP) is -2.10. The summed E-state index contributed by atoms with van der Waals surface area (Å²) < 4.78 is 5.07. The first-order chi connectivity index (χ1) is 10.5. The number of nitrogens with one attached hydrogen (secondary N) is 2. The number of rotatable bonds is 9. The highest BCUT2D eigenvalue weighted by atomic mass is 16.6. The largest absolute Gasteiger partial charge is 0.390 e. The Hall–Kier alpha value is -0.770. The van der Waals surface area contributed by atoms with Crippen LogP contribution in [-0.2, 0) is 9.53 Å². The molecule has 1 aliphatic heterocycles. The Morgan fingerprint density at radius 1 is 1.09 bits per heavy atom. The second-order valence-electron chi connectivity index (χ2n) is 5.68. The van der Waals surface area contributed by atoms with Crippen LogP contribution in [0, 0.1) is 5.92 Å². The van der Waals surface area contributed by atoms with Crippen LogP contribution in [0.5, 0.6) is 0 Å². The van der Waals surface area contributed by atoms with Crippen LogP contribution in [0.2, 0.25) is 0 Å². The molecule has 130 valence electrons. The third-order valence-corrected chi connectivity index (χ3v) is 3.84. The first-order valence-corrected chi connectivity index (χ1v) is 7.87. The highest BCUT2D eigenvalue weighted by molar-refractivity contribution is 5.81. The fourth-order valence-corrected chi connectivity index (χ4v) is 2.36. The van der Waals surface area contributed by atoms with Crippen LogP contribution in [0.3, 0.4) is 0 Å². The molecule has 0 aliphatic carbocycles. The number of carbonyl (C=O) groups is 1. The normalized spacial score (nSPS) is 32.0. The molecule has 7 N–H and O–H groups in total. The molecular weight excluding hydrogens is 290 g/mol. The molecule has 0 radical (unpaired) electrons. The highest BCUT2D eigenvalue weighted by Gasteiger charge is 2.44. The first kappa shape index (κ1) is 19.3. The minimum atomic E-state index is -1.55. The summed E-state index contributed by atoms with van der Waals surface area (Å²) in [7, 11) is 0. The van der Waals surface area contributed by atoms with E-state index in [0.717, 1.165) is 32.4 Å². The van der Waals surface area contributed by atoms with Crippen molar-refractivity contribution in [3.8, 4) is 0 Å². The maximum absolute atomic E-state index is 12.0. The van der Waals surface area contributed by atoms with E-state index in [1.54, 1.807) is 6.92 Å². The molecule has 0 aromatic rings. The van der Waals surface area contributed by atoms with E-state index in [0.29, 0.717) is 13.1 Å². The number of aliphatic hydroxyl groups excluding tert-OH is 3. The Morgan fingerprint density at radius 3 is 2.45 bits per heavy atom. The number of hydrogen-bond acceptors (Lipinski definition) is 7. The average molecular weight is 319 g/mol. The SMILES string of the molecule is CC1C(C(=O)NCCCNCCCCN)OC(O)C(O)C1O. The van der Waals surface area contributed by atoms with E-state index in [1.807, 2.05) is 0 Å². The standard InChI is InChI=1S/C14H29N3O5/c1-9-10(18)11(19)14(21)22-12(9)13(20)17-8-4-7-16-6-3-2-5-15/h9-12,14,16,18-19,21H,2-8,15H2,1H3,(H,17,20). The van der Waals surface area contributed by atoms with Crippen LogP contribution < -0.4 is 16.4 Å². The lowest BCUT2D eigenvalue weighted by molar-refractivity contribution is -0.261. The zero-order valence-corrected chi connectivity index (χ0v) is 13.1. The van der Waals surface area contributed by atoms with Gasteiger partial charge < -0.3 is 36.4 Å². The van der Waals surface area contributed by atoms with Gasteiger partial charge in [0.25, 0.3) is 0 Å². The van der Waals surface area contributed by atoms with E-state index >= 15 is 0 Å². The third kappa shape index (κ3) is 5.79. The first-order valence-electron chi connectivity index (χ1n) is 7.87. The number of nitrogens with two attached hydrogens (primary N) is 1. The topological polar surface area (TPSA) is 137 Å². The monoisotopic (exact) mass is 319 g/mol. The molecule has 0 aromatic heterocycles. The molecule has 0 bridgehead atoms. The number of ether oxygens (including phenoxy) is 1. The molecule has 1 fully saturated rings. The van der Waals surface area contributed by atoms with Crippen LogP contribution in [0.25, 0.3) is 0 Å². The Bertz CT molecular complexity index is 332. The predicted molar refractivity (Wildman–Crippen MR) is 80.8 cm³/mol. The van der Waals surface area contributed by atoms with Gasteiger partial charge in [-0.05, 0) is 38.9 Å². The minimum Gasteiger partial charge on any atom is -0.390 e.